The predicted octanol–water partition coefficient (Wildman–Crippen LogP) is 3.81. The minimum Gasteiger partial charge on any atom is -0.486 e. The van der Waals surface area contributed by atoms with Crippen molar-refractivity contribution in [1.29, 1.82) is 0 Å². The third kappa shape index (κ3) is 3.17. The van der Waals surface area contributed by atoms with Crippen molar-refractivity contribution in [3.8, 4) is 5.75 Å². The largest absolute Gasteiger partial charge is 0.486 e. The van der Waals surface area contributed by atoms with Crippen LogP contribution in [-0.2, 0) is 5.92 Å². The SMILES string of the molecule is O=Cc1cc(F)ccc1OCC(F)(F)c1ccccc1. The number of carbonyl (C=O) groups is 1. The smallest absolute Gasteiger partial charge is 0.306 e. The Morgan fingerprint density at radius 2 is 1.80 bits per heavy atom. The van der Waals surface area contributed by atoms with E-state index in [1.165, 1.54) is 24.3 Å². The molecule has 0 N–H and O–H groups in total. The molecule has 104 valence electrons. The van der Waals surface area contributed by atoms with Gasteiger partial charge in [0, 0.05) is 5.56 Å². The van der Waals surface area contributed by atoms with Crippen LogP contribution in [0, 0.1) is 5.82 Å². The summed E-state index contributed by atoms with van der Waals surface area (Å²) in [4.78, 5) is 10.7. The molecule has 0 aliphatic heterocycles. The molecule has 0 saturated heterocycles. The number of hydrogen-bond acceptors (Lipinski definition) is 2. The number of hydrogen-bond donors (Lipinski definition) is 0. The molecule has 0 bridgehead atoms. The molecule has 0 radical (unpaired) electrons. The monoisotopic (exact) mass is 280 g/mol. The van der Waals surface area contributed by atoms with E-state index >= 15 is 0 Å². The van der Waals surface area contributed by atoms with Gasteiger partial charge in [0.1, 0.15) is 11.6 Å². The zero-order valence-corrected chi connectivity index (χ0v) is 10.4. The number of halogens is 3. The molecule has 2 nitrogen and oxygen atoms in total. The lowest BCUT2D eigenvalue weighted by Crippen LogP contribution is -2.23. The molecule has 0 heterocycles. The van der Waals surface area contributed by atoms with Crippen LogP contribution in [0.15, 0.2) is 48.5 Å². The Kier molecular flexibility index (Phi) is 4.08. The van der Waals surface area contributed by atoms with E-state index in [9.17, 15) is 18.0 Å². The molecule has 0 aliphatic carbocycles. The van der Waals surface area contributed by atoms with Crippen molar-refractivity contribution < 1.29 is 22.7 Å². The van der Waals surface area contributed by atoms with Crippen molar-refractivity contribution in [1.82, 2.24) is 0 Å². The maximum Gasteiger partial charge on any atom is 0.306 e. The molecule has 0 aromatic heterocycles. The lowest BCUT2D eigenvalue weighted by molar-refractivity contribution is -0.0468. The molecule has 0 amide bonds. The van der Waals surface area contributed by atoms with Gasteiger partial charge in [-0.3, -0.25) is 4.79 Å². The Morgan fingerprint density at radius 3 is 2.45 bits per heavy atom. The van der Waals surface area contributed by atoms with Gasteiger partial charge in [0.15, 0.2) is 12.9 Å². The fourth-order valence-corrected chi connectivity index (χ4v) is 1.68. The van der Waals surface area contributed by atoms with Crippen LogP contribution >= 0.6 is 0 Å². The number of ether oxygens (including phenoxy) is 1. The number of rotatable bonds is 5. The second kappa shape index (κ2) is 5.77. The van der Waals surface area contributed by atoms with Crippen molar-refractivity contribution in [3.05, 3.63) is 65.5 Å². The third-order valence-electron chi connectivity index (χ3n) is 2.70. The Labute approximate surface area is 113 Å². The summed E-state index contributed by atoms with van der Waals surface area (Å²) in [6.45, 7) is -0.927. The number of benzene rings is 2. The van der Waals surface area contributed by atoms with E-state index in [1.54, 1.807) is 6.07 Å². The van der Waals surface area contributed by atoms with Crippen LogP contribution in [0.1, 0.15) is 15.9 Å². The summed E-state index contributed by atoms with van der Waals surface area (Å²) in [6.07, 6.45) is 0.360. The zero-order chi connectivity index (χ0) is 14.6. The number of aldehydes is 1. The minimum atomic E-state index is -3.20. The predicted molar refractivity (Wildman–Crippen MR) is 67.6 cm³/mol. The van der Waals surface area contributed by atoms with E-state index < -0.39 is 18.3 Å². The summed E-state index contributed by atoms with van der Waals surface area (Å²) in [7, 11) is 0. The Balaban J connectivity index is 2.14. The van der Waals surface area contributed by atoms with Gasteiger partial charge in [-0.1, -0.05) is 30.3 Å². The van der Waals surface area contributed by atoms with E-state index in [0.29, 0.717) is 6.29 Å². The summed E-state index contributed by atoms with van der Waals surface area (Å²) in [5.41, 5.74) is -0.288. The van der Waals surface area contributed by atoms with Crippen LogP contribution in [0.4, 0.5) is 13.2 Å². The first-order chi connectivity index (χ1) is 9.53. The number of carbonyl (C=O) groups excluding carboxylic acids is 1. The highest BCUT2D eigenvalue weighted by atomic mass is 19.3. The van der Waals surface area contributed by atoms with Crippen LogP contribution in [0.2, 0.25) is 0 Å². The second-order valence-corrected chi connectivity index (χ2v) is 4.16. The highest BCUT2D eigenvalue weighted by Gasteiger charge is 2.32. The van der Waals surface area contributed by atoms with Crippen LogP contribution in [0.3, 0.4) is 0 Å². The third-order valence-corrected chi connectivity index (χ3v) is 2.70. The summed E-state index contributed by atoms with van der Waals surface area (Å²) in [5.74, 6) is -3.90. The lowest BCUT2D eigenvalue weighted by Gasteiger charge is -2.18. The van der Waals surface area contributed by atoms with Gasteiger partial charge in [0.25, 0.3) is 0 Å². The first-order valence-electron chi connectivity index (χ1n) is 5.84. The van der Waals surface area contributed by atoms with Gasteiger partial charge in [-0.15, -0.1) is 0 Å². The van der Waals surface area contributed by atoms with E-state index in [4.69, 9.17) is 4.74 Å². The molecule has 0 atom stereocenters. The van der Waals surface area contributed by atoms with Crippen molar-refractivity contribution in [2.24, 2.45) is 0 Å². The molecule has 2 aromatic rings. The van der Waals surface area contributed by atoms with Gasteiger partial charge in [0.05, 0.1) is 5.56 Å². The van der Waals surface area contributed by atoms with Gasteiger partial charge in [-0.2, -0.15) is 8.78 Å². The van der Waals surface area contributed by atoms with Crippen molar-refractivity contribution in [2.75, 3.05) is 6.61 Å². The van der Waals surface area contributed by atoms with Gasteiger partial charge < -0.3 is 4.74 Å². The average molecular weight is 280 g/mol. The van der Waals surface area contributed by atoms with Crippen LogP contribution in [0.25, 0.3) is 0 Å². The minimum absolute atomic E-state index is 0.0722. The van der Waals surface area contributed by atoms with E-state index in [0.717, 1.165) is 18.2 Å². The first kappa shape index (κ1) is 14.1. The molecule has 0 spiro atoms. The number of alkyl halides is 2. The van der Waals surface area contributed by atoms with E-state index in [1.807, 2.05) is 0 Å². The molecule has 2 aromatic carbocycles. The first-order valence-corrected chi connectivity index (χ1v) is 5.84. The summed E-state index contributed by atoms with van der Waals surface area (Å²) >= 11 is 0. The molecule has 0 fully saturated rings. The lowest BCUT2D eigenvalue weighted by atomic mass is 10.1. The average Bonchev–Trinajstić information content (AvgIpc) is 2.46. The highest BCUT2D eigenvalue weighted by Crippen LogP contribution is 2.29. The topological polar surface area (TPSA) is 26.3 Å². The molecule has 5 heteroatoms. The second-order valence-electron chi connectivity index (χ2n) is 4.16. The van der Waals surface area contributed by atoms with Gasteiger partial charge in [-0.05, 0) is 18.2 Å². The molecular formula is C15H11F3O2. The normalized spacial score (nSPS) is 11.2. The molecule has 20 heavy (non-hydrogen) atoms. The fraction of sp³-hybridized carbons (Fsp3) is 0.133. The van der Waals surface area contributed by atoms with Crippen molar-refractivity contribution in [2.45, 2.75) is 5.92 Å². The maximum atomic E-state index is 13.9. The molecule has 0 saturated carbocycles. The summed E-state index contributed by atoms with van der Waals surface area (Å²) in [5, 5.41) is 0. The summed E-state index contributed by atoms with van der Waals surface area (Å²) in [6, 6.07) is 10.3. The van der Waals surface area contributed by atoms with Gasteiger partial charge in [-0.25, -0.2) is 4.39 Å². The molecule has 2 rings (SSSR count). The standard InChI is InChI=1S/C15H11F3O2/c16-13-6-7-14(11(8-13)9-19)20-10-15(17,18)12-4-2-1-3-5-12/h1-9H,10H2. The summed E-state index contributed by atoms with van der Waals surface area (Å²) < 4.78 is 45.6. The molecular weight excluding hydrogens is 269 g/mol. The molecule has 0 aliphatic rings. The fourth-order valence-electron chi connectivity index (χ4n) is 1.68. The van der Waals surface area contributed by atoms with Gasteiger partial charge in [0.2, 0.25) is 0 Å². The maximum absolute atomic E-state index is 13.9. The van der Waals surface area contributed by atoms with Crippen LogP contribution in [-0.4, -0.2) is 12.9 Å². The van der Waals surface area contributed by atoms with E-state index in [-0.39, 0.29) is 16.9 Å². The Morgan fingerprint density at radius 1 is 1.10 bits per heavy atom. The quantitative estimate of drug-likeness (QED) is 0.778. The highest BCUT2D eigenvalue weighted by molar-refractivity contribution is 5.79. The Bertz CT molecular complexity index is 597. The van der Waals surface area contributed by atoms with Crippen molar-refractivity contribution in [3.63, 3.8) is 0 Å². The van der Waals surface area contributed by atoms with Crippen LogP contribution in [0.5, 0.6) is 5.75 Å². The Hall–Kier alpha value is -2.30. The molecule has 0 unspecified atom stereocenters. The van der Waals surface area contributed by atoms with Gasteiger partial charge >= 0.3 is 5.92 Å². The van der Waals surface area contributed by atoms with Crippen molar-refractivity contribution >= 4 is 6.29 Å². The van der Waals surface area contributed by atoms with E-state index in [2.05, 4.69) is 0 Å². The van der Waals surface area contributed by atoms with Crippen LogP contribution < -0.4 is 4.74 Å². The zero-order valence-electron chi connectivity index (χ0n) is 10.4.